The Bertz CT molecular complexity index is 1210. The molecule has 0 radical (unpaired) electrons. The molecule has 1 aromatic heterocycles. The maximum Gasteiger partial charge on any atom is 0.254 e. The van der Waals surface area contributed by atoms with E-state index in [0.717, 1.165) is 22.2 Å². The topological polar surface area (TPSA) is 70.6 Å². The summed E-state index contributed by atoms with van der Waals surface area (Å²) < 4.78 is 27.6. The number of pyridine rings is 1. The Morgan fingerprint density at radius 1 is 0.968 bits per heavy atom. The molecule has 3 aromatic rings. The van der Waals surface area contributed by atoms with Gasteiger partial charge in [-0.05, 0) is 42.7 Å². The van der Waals surface area contributed by atoms with Crippen molar-refractivity contribution in [1.82, 2.24) is 14.2 Å². The van der Waals surface area contributed by atoms with Gasteiger partial charge in [-0.3, -0.25) is 9.78 Å². The third-order valence-electron chi connectivity index (χ3n) is 5.79. The average Bonchev–Trinajstić information content (AvgIpc) is 2.78. The number of benzene rings is 2. The van der Waals surface area contributed by atoms with E-state index in [-0.39, 0.29) is 19.0 Å². The number of nitrogens with zero attached hydrogens (tertiary/aromatic N) is 3. The number of piperazine rings is 1. The zero-order valence-corrected chi connectivity index (χ0v) is 18.9. The van der Waals surface area contributed by atoms with Crippen molar-refractivity contribution in [3.05, 3.63) is 71.4 Å². The number of hydrogen-bond acceptors (Lipinski definition) is 4. The van der Waals surface area contributed by atoms with Crippen LogP contribution >= 0.6 is 0 Å². The Kier molecular flexibility index (Phi) is 5.81. The van der Waals surface area contributed by atoms with Crippen molar-refractivity contribution in [2.24, 2.45) is 0 Å². The number of aromatic nitrogens is 1. The third kappa shape index (κ3) is 4.20. The van der Waals surface area contributed by atoms with Gasteiger partial charge in [0.2, 0.25) is 10.0 Å². The number of hydrogen-bond donors (Lipinski definition) is 0. The molecular weight excluding hydrogens is 410 g/mol. The van der Waals surface area contributed by atoms with Crippen LogP contribution in [-0.4, -0.2) is 54.7 Å². The van der Waals surface area contributed by atoms with Crippen molar-refractivity contribution in [2.75, 3.05) is 26.2 Å². The summed E-state index contributed by atoms with van der Waals surface area (Å²) in [4.78, 5) is 19.8. The van der Waals surface area contributed by atoms with Crippen molar-refractivity contribution in [3.8, 4) is 0 Å². The fourth-order valence-corrected chi connectivity index (χ4v) is 5.38. The minimum atomic E-state index is -3.57. The van der Waals surface area contributed by atoms with E-state index in [4.69, 9.17) is 0 Å². The van der Waals surface area contributed by atoms with Gasteiger partial charge in [0.05, 0.1) is 16.0 Å². The molecule has 1 fully saturated rings. The van der Waals surface area contributed by atoms with Crippen LogP contribution in [0.15, 0.2) is 59.5 Å². The normalized spacial score (nSPS) is 15.5. The Balaban J connectivity index is 1.50. The molecule has 6 nitrogen and oxygen atoms in total. The SMILES string of the molecule is Cc1cc(C(=O)N2CCN(S(=O)(=O)c3ccc(C(C)C)cc3)CC2)c2ccccc2n1. The molecule has 0 spiro atoms. The number of carbonyl (C=O) groups is 1. The van der Waals surface area contributed by atoms with Crippen LogP contribution in [0, 0.1) is 6.92 Å². The molecule has 0 unspecified atom stereocenters. The number of sulfonamides is 1. The summed E-state index contributed by atoms with van der Waals surface area (Å²) in [6.07, 6.45) is 0. The molecule has 0 atom stereocenters. The molecule has 0 saturated carbocycles. The van der Waals surface area contributed by atoms with Gasteiger partial charge in [0.1, 0.15) is 0 Å². The highest BCUT2D eigenvalue weighted by atomic mass is 32.2. The molecule has 1 aliphatic heterocycles. The number of fused-ring (bicyclic) bond motifs is 1. The summed E-state index contributed by atoms with van der Waals surface area (Å²) in [5.41, 5.74) is 3.29. The Morgan fingerprint density at radius 2 is 1.61 bits per heavy atom. The molecule has 0 N–H and O–H groups in total. The van der Waals surface area contributed by atoms with E-state index in [1.54, 1.807) is 17.0 Å². The van der Waals surface area contributed by atoms with Crippen LogP contribution in [0.1, 0.15) is 41.4 Å². The minimum absolute atomic E-state index is 0.0833. The van der Waals surface area contributed by atoms with Gasteiger partial charge in [0, 0.05) is 37.3 Å². The summed E-state index contributed by atoms with van der Waals surface area (Å²) in [6, 6.07) is 16.5. The van der Waals surface area contributed by atoms with E-state index in [0.29, 0.717) is 29.5 Å². The molecule has 1 saturated heterocycles. The average molecular weight is 438 g/mol. The number of carbonyl (C=O) groups excluding carboxylic acids is 1. The van der Waals surface area contributed by atoms with Gasteiger partial charge in [0.25, 0.3) is 5.91 Å². The fraction of sp³-hybridized carbons (Fsp3) is 0.333. The van der Waals surface area contributed by atoms with Crippen LogP contribution < -0.4 is 0 Å². The standard InChI is InChI=1S/C24H27N3O3S/c1-17(2)19-8-10-20(11-9-19)31(29,30)27-14-12-26(13-15-27)24(28)22-16-18(3)25-23-7-5-4-6-21(22)23/h4-11,16-17H,12-15H2,1-3H3. The van der Waals surface area contributed by atoms with Crippen molar-refractivity contribution < 1.29 is 13.2 Å². The Morgan fingerprint density at radius 3 is 2.26 bits per heavy atom. The van der Waals surface area contributed by atoms with E-state index >= 15 is 0 Å². The lowest BCUT2D eigenvalue weighted by molar-refractivity contribution is 0.0699. The highest BCUT2D eigenvalue weighted by molar-refractivity contribution is 7.89. The summed E-state index contributed by atoms with van der Waals surface area (Å²) in [6.45, 7) is 7.30. The minimum Gasteiger partial charge on any atom is -0.336 e. The first-order chi connectivity index (χ1) is 14.8. The first-order valence-electron chi connectivity index (χ1n) is 10.5. The first kappa shape index (κ1) is 21.5. The first-order valence-corrected chi connectivity index (χ1v) is 12.0. The van der Waals surface area contributed by atoms with Crippen molar-refractivity contribution in [2.45, 2.75) is 31.6 Å². The van der Waals surface area contributed by atoms with Crippen molar-refractivity contribution in [3.63, 3.8) is 0 Å². The second kappa shape index (κ2) is 8.40. The predicted octanol–water partition coefficient (Wildman–Crippen LogP) is 3.81. The fourth-order valence-electron chi connectivity index (χ4n) is 3.96. The van der Waals surface area contributed by atoms with E-state index in [9.17, 15) is 13.2 Å². The maximum atomic E-state index is 13.2. The number of rotatable bonds is 4. The van der Waals surface area contributed by atoms with Crippen LogP contribution in [0.25, 0.3) is 10.9 Å². The van der Waals surface area contributed by atoms with Crippen molar-refractivity contribution in [1.29, 1.82) is 0 Å². The number of aryl methyl sites for hydroxylation is 1. The smallest absolute Gasteiger partial charge is 0.254 e. The van der Waals surface area contributed by atoms with Crippen LogP contribution in [0.2, 0.25) is 0 Å². The van der Waals surface area contributed by atoms with Crippen LogP contribution in [0.5, 0.6) is 0 Å². The molecule has 7 heteroatoms. The van der Waals surface area contributed by atoms with E-state index < -0.39 is 10.0 Å². The molecule has 2 aromatic carbocycles. The van der Waals surface area contributed by atoms with Gasteiger partial charge < -0.3 is 4.90 Å². The predicted molar refractivity (Wildman–Crippen MR) is 122 cm³/mol. The van der Waals surface area contributed by atoms with Crippen LogP contribution in [-0.2, 0) is 10.0 Å². The zero-order chi connectivity index (χ0) is 22.2. The quantitative estimate of drug-likeness (QED) is 0.622. The van der Waals surface area contributed by atoms with E-state index in [2.05, 4.69) is 18.8 Å². The molecule has 1 aliphatic rings. The second-order valence-electron chi connectivity index (χ2n) is 8.25. The molecule has 31 heavy (non-hydrogen) atoms. The Hall–Kier alpha value is -2.77. The van der Waals surface area contributed by atoms with Gasteiger partial charge in [-0.25, -0.2) is 8.42 Å². The summed E-state index contributed by atoms with van der Waals surface area (Å²) >= 11 is 0. The monoisotopic (exact) mass is 437 g/mol. The van der Waals surface area contributed by atoms with Crippen LogP contribution in [0.4, 0.5) is 0 Å². The van der Waals surface area contributed by atoms with Gasteiger partial charge in [-0.2, -0.15) is 4.31 Å². The largest absolute Gasteiger partial charge is 0.336 e. The molecule has 0 bridgehead atoms. The lowest BCUT2D eigenvalue weighted by Crippen LogP contribution is -2.50. The lowest BCUT2D eigenvalue weighted by Gasteiger charge is -2.34. The third-order valence-corrected chi connectivity index (χ3v) is 7.70. The highest BCUT2D eigenvalue weighted by Gasteiger charge is 2.31. The molecule has 1 amide bonds. The lowest BCUT2D eigenvalue weighted by atomic mass is 10.0. The van der Waals surface area contributed by atoms with E-state index in [1.165, 1.54) is 4.31 Å². The summed E-state index contributed by atoms with van der Waals surface area (Å²) in [7, 11) is -3.57. The van der Waals surface area contributed by atoms with Crippen molar-refractivity contribution >= 4 is 26.8 Å². The number of amides is 1. The molecule has 162 valence electrons. The van der Waals surface area contributed by atoms with Gasteiger partial charge in [0.15, 0.2) is 0 Å². The Labute approximate surface area is 183 Å². The number of para-hydroxylation sites is 1. The highest BCUT2D eigenvalue weighted by Crippen LogP contribution is 2.23. The molecule has 0 aliphatic carbocycles. The van der Waals surface area contributed by atoms with Crippen LogP contribution in [0.3, 0.4) is 0 Å². The summed E-state index contributed by atoms with van der Waals surface area (Å²) in [5.74, 6) is 0.263. The molecule has 2 heterocycles. The van der Waals surface area contributed by atoms with Gasteiger partial charge in [-0.15, -0.1) is 0 Å². The van der Waals surface area contributed by atoms with Gasteiger partial charge >= 0.3 is 0 Å². The summed E-state index contributed by atoms with van der Waals surface area (Å²) in [5, 5.41) is 0.818. The molecule has 4 rings (SSSR count). The van der Waals surface area contributed by atoms with Gasteiger partial charge in [-0.1, -0.05) is 44.2 Å². The zero-order valence-electron chi connectivity index (χ0n) is 18.1. The molecular formula is C24H27N3O3S. The second-order valence-corrected chi connectivity index (χ2v) is 10.2. The van der Waals surface area contributed by atoms with E-state index in [1.807, 2.05) is 49.4 Å². The maximum absolute atomic E-state index is 13.2.